The molecule has 0 bridgehead atoms. The molecule has 0 radical (unpaired) electrons. The highest BCUT2D eigenvalue weighted by Crippen LogP contribution is 2.45. The van der Waals surface area contributed by atoms with E-state index in [1.165, 1.54) is 97.2 Å². The Balaban J connectivity index is 1.16. The van der Waals surface area contributed by atoms with Crippen LogP contribution in [0.5, 0.6) is 0 Å². The fourth-order valence-corrected chi connectivity index (χ4v) is 10.4. The zero-order valence-electron chi connectivity index (χ0n) is 30.9. The highest BCUT2D eigenvalue weighted by atomic mass is 32.1. The Morgan fingerprint density at radius 1 is 0.281 bits per heavy atom. The third-order valence-electron chi connectivity index (χ3n) is 11.7. The van der Waals surface area contributed by atoms with Crippen molar-refractivity contribution < 1.29 is 0 Å². The van der Waals surface area contributed by atoms with Crippen LogP contribution >= 0.6 is 11.3 Å². The SMILES string of the molecule is c1ccc(-c2cc3c4cc5c6ccccc6n(-c6ccccc6)c5cc4n(-c4ccc(-c5cccc6c5sc5ccccc56)cc4)c3cc2-c2ccccc2)cc1. The zero-order valence-corrected chi connectivity index (χ0v) is 31.7. The Bertz CT molecular complexity index is 3480. The molecule has 12 rings (SSSR count). The van der Waals surface area contributed by atoms with Crippen molar-refractivity contribution in [1.29, 1.82) is 0 Å². The van der Waals surface area contributed by atoms with Crippen molar-refractivity contribution in [2.45, 2.75) is 0 Å². The molecule has 9 aromatic carbocycles. The maximum Gasteiger partial charge on any atom is 0.0562 e. The third-order valence-corrected chi connectivity index (χ3v) is 12.9. The van der Waals surface area contributed by atoms with Gasteiger partial charge in [0.2, 0.25) is 0 Å². The van der Waals surface area contributed by atoms with E-state index in [1.807, 2.05) is 11.3 Å². The molecule has 12 aromatic rings. The van der Waals surface area contributed by atoms with E-state index in [0.29, 0.717) is 0 Å². The van der Waals surface area contributed by atoms with E-state index < -0.39 is 0 Å². The smallest absolute Gasteiger partial charge is 0.0562 e. The zero-order chi connectivity index (χ0) is 37.5. The van der Waals surface area contributed by atoms with Crippen LogP contribution in [0.25, 0.3) is 109 Å². The Morgan fingerprint density at radius 3 is 1.53 bits per heavy atom. The predicted octanol–water partition coefficient (Wildman–Crippen LogP) is 15.2. The molecule has 3 heterocycles. The summed E-state index contributed by atoms with van der Waals surface area (Å²) >= 11 is 1.88. The number of aromatic nitrogens is 2. The van der Waals surface area contributed by atoms with Crippen molar-refractivity contribution in [2.75, 3.05) is 0 Å². The molecule has 2 nitrogen and oxygen atoms in total. The number of fused-ring (bicyclic) bond motifs is 9. The van der Waals surface area contributed by atoms with Gasteiger partial charge in [0.15, 0.2) is 0 Å². The predicted molar refractivity (Wildman–Crippen MR) is 244 cm³/mol. The van der Waals surface area contributed by atoms with Gasteiger partial charge < -0.3 is 9.13 Å². The minimum atomic E-state index is 1.13. The first-order chi connectivity index (χ1) is 28.3. The van der Waals surface area contributed by atoms with Crippen LogP contribution in [0.4, 0.5) is 0 Å². The first-order valence-electron chi connectivity index (χ1n) is 19.5. The van der Waals surface area contributed by atoms with Crippen LogP contribution in [-0.4, -0.2) is 9.13 Å². The van der Waals surface area contributed by atoms with Gasteiger partial charge in [-0.05, 0) is 94.0 Å². The van der Waals surface area contributed by atoms with Crippen LogP contribution in [0.1, 0.15) is 0 Å². The van der Waals surface area contributed by atoms with Crippen molar-refractivity contribution in [3.63, 3.8) is 0 Å². The van der Waals surface area contributed by atoms with E-state index >= 15 is 0 Å². The molecular formula is C54H34N2S. The molecule has 0 aliphatic heterocycles. The molecule has 3 heteroatoms. The molecule has 0 spiro atoms. The number of nitrogens with zero attached hydrogens (tertiary/aromatic N) is 2. The molecule has 0 fully saturated rings. The summed E-state index contributed by atoms with van der Waals surface area (Å²) in [7, 11) is 0. The molecule has 266 valence electrons. The van der Waals surface area contributed by atoms with E-state index in [-0.39, 0.29) is 0 Å². The van der Waals surface area contributed by atoms with Gasteiger partial charge in [-0.1, -0.05) is 146 Å². The van der Waals surface area contributed by atoms with Crippen molar-refractivity contribution in [3.05, 3.63) is 206 Å². The number of benzene rings is 9. The number of para-hydroxylation sites is 2. The number of thiophene rings is 1. The lowest BCUT2D eigenvalue weighted by molar-refractivity contribution is 1.16. The minimum absolute atomic E-state index is 1.13. The van der Waals surface area contributed by atoms with Crippen LogP contribution in [0, 0.1) is 0 Å². The monoisotopic (exact) mass is 742 g/mol. The van der Waals surface area contributed by atoms with Gasteiger partial charge in [-0.15, -0.1) is 11.3 Å². The molecule has 0 atom stereocenters. The van der Waals surface area contributed by atoms with Gasteiger partial charge in [-0.25, -0.2) is 0 Å². The molecule has 0 aliphatic rings. The lowest BCUT2D eigenvalue weighted by Gasteiger charge is -2.14. The van der Waals surface area contributed by atoms with Crippen molar-refractivity contribution in [1.82, 2.24) is 9.13 Å². The van der Waals surface area contributed by atoms with Crippen molar-refractivity contribution >= 4 is 75.1 Å². The topological polar surface area (TPSA) is 9.86 Å². The number of hydrogen-bond donors (Lipinski definition) is 0. The van der Waals surface area contributed by atoms with E-state index in [1.54, 1.807) is 0 Å². The molecule has 3 aromatic heterocycles. The lowest BCUT2D eigenvalue weighted by Crippen LogP contribution is -1.96. The molecule has 0 saturated heterocycles. The van der Waals surface area contributed by atoms with Crippen LogP contribution in [0.3, 0.4) is 0 Å². The maximum absolute atomic E-state index is 2.49. The summed E-state index contributed by atoms with van der Waals surface area (Å²) in [4.78, 5) is 0. The normalized spacial score (nSPS) is 11.9. The van der Waals surface area contributed by atoms with Gasteiger partial charge in [-0.2, -0.15) is 0 Å². The Kier molecular flexibility index (Phi) is 7.13. The third kappa shape index (κ3) is 4.96. The van der Waals surface area contributed by atoms with Gasteiger partial charge in [-0.3, -0.25) is 0 Å². The maximum atomic E-state index is 2.49. The standard InChI is InChI=1S/C54H34N2S/c1-4-15-35(16-5-1)44-31-47-48-32-46-41-21-10-12-25-49(41)55(38-19-8-3-9-20-38)51(46)34-52(48)56(50(47)33-45(44)36-17-6-2-7-18-36)39-29-27-37(28-30-39)40-23-14-24-43-42-22-11-13-26-53(42)57-54(40)43/h1-34H. The quantitative estimate of drug-likeness (QED) is 0.166. The molecule has 57 heavy (non-hydrogen) atoms. The highest BCUT2D eigenvalue weighted by molar-refractivity contribution is 7.26. The molecular weight excluding hydrogens is 709 g/mol. The molecule has 0 N–H and O–H groups in total. The second-order valence-electron chi connectivity index (χ2n) is 14.9. The van der Waals surface area contributed by atoms with Crippen LogP contribution in [0.15, 0.2) is 206 Å². The number of rotatable bonds is 5. The lowest BCUT2D eigenvalue weighted by atomic mass is 9.92. The van der Waals surface area contributed by atoms with E-state index in [2.05, 4.69) is 215 Å². The fraction of sp³-hybridized carbons (Fsp3) is 0. The van der Waals surface area contributed by atoms with Crippen molar-refractivity contribution in [3.8, 4) is 44.8 Å². The van der Waals surface area contributed by atoms with Crippen LogP contribution in [-0.2, 0) is 0 Å². The fourth-order valence-electron chi connectivity index (χ4n) is 9.13. The van der Waals surface area contributed by atoms with E-state index in [4.69, 9.17) is 0 Å². The summed E-state index contributed by atoms with van der Waals surface area (Å²) in [6.07, 6.45) is 0. The first-order valence-corrected chi connectivity index (χ1v) is 20.3. The van der Waals surface area contributed by atoms with Crippen LogP contribution in [0.2, 0.25) is 0 Å². The molecule has 0 aliphatic carbocycles. The second-order valence-corrected chi connectivity index (χ2v) is 15.9. The van der Waals surface area contributed by atoms with Gasteiger partial charge >= 0.3 is 0 Å². The summed E-state index contributed by atoms with van der Waals surface area (Å²) in [5, 5.41) is 7.62. The molecule has 0 unspecified atom stereocenters. The van der Waals surface area contributed by atoms with Gasteiger partial charge in [0.1, 0.15) is 0 Å². The Labute approximate surface area is 333 Å². The largest absolute Gasteiger partial charge is 0.309 e. The average Bonchev–Trinajstić information content (AvgIpc) is 3.93. The summed E-state index contributed by atoms with van der Waals surface area (Å²) in [6, 6.07) is 75.7. The van der Waals surface area contributed by atoms with Crippen LogP contribution < -0.4 is 0 Å². The first kappa shape index (κ1) is 32.1. The van der Waals surface area contributed by atoms with E-state index in [9.17, 15) is 0 Å². The number of hydrogen-bond acceptors (Lipinski definition) is 1. The summed E-state index contributed by atoms with van der Waals surface area (Å²) in [6.45, 7) is 0. The van der Waals surface area contributed by atoms with Gasteiger partial charge in [0, 0.05) is 53.1 Å². The van der Waals surface area contributed by atoms with Crippen molar-refractivity contribution in [2.24, 2.45) is 0 Å². The summed E-state index contributed by atoms with van der Waals surface area (Å²) in [5.41, 5.74) is 14.4. The highest BCUT2D eigenvalue weighted by Gasteiger charge is 2.21. The van der Waals surface area contributed by atoms with E-state index in [0.717, 1.165) is 11.4 Å². The Hall–Kier alpha value is -7.20. The van der Waals surface area contributed by atoms with Gasteiger partial charge in [0.25, 0.3) is 0 Å². The molecule has 0 saturated carbocycles. The minimum Gasteiger partial charge on any atom is -0.309 e. The summed E-state index contributed by atoms with van der Waals surface area (Å²) < 4.78 is 7.57. The summed E-state index contributed by atoms with van der Waals surface area (Å²) in [5.74, 6) is 0. The second kappa shape index (κ2) is 12.7. The average molecular weight is 743 g/mol. The molecule has 0 amide bonds. The van der Waals surface area contributed by atoms with Gasteiger partial charge in [0.05, 0.1) is 22.1 Å². The Morgan fingerprint density at radius 2 is 0.789 bits per heavy atom.